The molecule has 1 unspecified atom stereocenters. The van der Waals surface area contributed by atoms with E-state index in [1.807, 2.05) is 0 Å². The maximum atomic E-state index is 12.1. The van der Waals surface area contributed by atoms with Gasteiger partial charge >= 0.3 is 0 Å². The highest BCUT2D eigenvalue weighted by Gasteiger charge is 2.11. The zero-order valence-corrected chi connectivity index (χ0v) is 12.7. The van der Waals surface area contributed by atoms with Gasteiger partial charge in [-0.15, -0.1) is 0 Å². The van der Waals surface area contributed by atoms with Gasteiger partial charge in [-0.25, -0.2) is 0 Å². The number of nitrogens with zero attached hydrogens (tertiary/aromatic N) is 2. The molecule has 2 aromatic rings. The van der Waals surface area contributed by atoms with Gasteiger partial charge in [-0.05, 0) is 30.9 Å². The zero-order valence-electron chi connectivity index (χ0n) is 12.7. The van der Waals surface area contributed by atoms with Crippen LogP contribution in [0.2, 0.25) is 0 Å². The summed E-state index contributed by atoms with van der Waals surface area (Å²) in [5, 5.41) is 15.7. The summed E-state index contributed by atoms with van der Waals surface area (Å²) in [6.45, 7) is 2.84. The number of hydrogen-bond donors (Lipinski definition) is 2. The summed E-state index contributed by atoms with van der Waals surface area (Å²) < 4.78 is 4.70. The fourth-order valence-corrected chi connectivity index (χ4v) is 2.35. The van der Waals surface area contributed by atoms with Crippen LogP contribution in [0.15, 0.2) is 35.2 Å². The van der Waals surface area contributed by atoms with Crippen molar-refractivity contribution in [3.8, 4) is 11.4 Å². The van der Waals surface area contributed by atoms with Gasteiger partial charge in [0.25, 0.3) is 5.91 Å². The third-order valence-electron chi connectivity index (χ3n) is 3.55. The number of nitrogens with one attached hydrogen (secondary N) is 1. The minimum Gasteiger partial charge on any atom is -0.396 e. The number of benzene rings is 1. The van der Waals surface area contributed by atoms with Gasteiger partial charge < -0.3 is 14.9 Å². The molecule has 0 aliphatic rings. The topological polar surface area (TPSA) is 88.2 Å². The fraction of sp³-hybridized carbons (Fsp3) is 0.438. The molecule has 1 aromatic carbocycles. The Hall–Kier alpha value is -2.21. The minimum absolute atomic E-state index is 0.112. The average molecular weight is 303 g/mol. The van der Waals surface area contributed by atoms with Crippen molar-refractivity contribution in [3.05, 3.63) is 36.2 Å². The molecule has 0 radical (unpaired) electrons. The summed E-state index contributed by atoms with van der Waals surface area (Å²) in [7, 11) is 0. The first-order chi connectivity index (χ1) is 10.7. The van der Waals surface area contributed by atoms with Gasteiger partial charge in [0.05, 0.1) is 0 Å². The van der Waals surface area contributed by atoms with E-state index >= 15 is 0 Å². The summed E-state index contributed by atoms with van der Waals surface area (Å²) >= 11 is 0. The zero-order chi connectivity index (χ0) is 15.8. The number of amides is 1. The van der Waals surface area contributed by atoms with E-state index in [0.29, 0.717) is 30.3 Å². The Morgan fingerprint density at radius 1 is 1.32 bits per heavy atom. The van der Waals surface area contributed by atoms with E-state index in [1.165, 1.54) is 6.39 Å². The largest absolute Gasteiger partial charge is 0.396 e. The van der Waals surface area contributed by atoms with Crippen molar-refractivity contribution in [2.75, 3.05) is 13.2 Å². The van der Waals surface area contributed by atoms with E-state index in [1.54, 1.807) is 24.3 Å². The normalized spacial score (nSPS) is 12.1. The predicted molar refractivity (Wildman–Crippen MR) is 82.2 cm³/mol. The van der Waals surface area contributed by atoms with Crippen LogP contribution in [-0.2, 0) is 0 Å². The lowest BCUT2D eigenvalue weighted by Crippen LogP contribution is -2.29. The van der Waals surface area contributed by atoms with Crippen LogP contribution < -0.4 is 5.32 Å². The smallest absolute Gasteiger partial charge is 0.251 e. The first-order valence-electron chi connectivity index (χ1n) is 7.50. The molecule has 0 saturated heterocycles. The van der Waals surface area contributed by atoms with Crippen molar-refractivity contribution < 1.29 is 14.4 Å². The highest BCUT2D eigenvalue weighted by molar-refractivity contribution is 5.94. The van der Waals surface area contributed by atoms with Gasteiger partial charge in [0, 0.05) is 24.3 Å². The second kappa shape index (κ2) is 8.29. The summed E-state index contributed by atoms with van der Waals surface area (Å²) in [5.74, 6) is 0.703. The third-order valence-corrected chi connectivity index (χ3v) is 3.55. The van der Waals surface area contributed by atoms with Crippen LogP contribution in [0, 0.1) is 5.92 Å². The summed E-state index contributed by atoms with van der Waals surface area (Å²) in [6.07, 6.45) is 4.02. The molecular formula is C16H21N3O3. The Bertz CT molecular complexity index is 561. The van der Waals surface area contributed by atoms with Crippen molar-refractivity contribution in [1.29, 1.82) is 0 Å². The average Bonchev–Trinajstić information content (AvgIpc) is 3.07. The van der Waals surface area contributed by atoms with E-state index in [2.05, 4.69) is 22.4 Å². The molecule has 6 heteroatoms. The number of carbonyl (C=O) groups excluding carboxylic acids is 1. The predicted octanol–water partition coefficient (Wildman–Crippen LogP) is 2.27. The Labute approximate surface area is 129 Å². The molecule has 1 heterocycles. The van der Waals surface area contributed by atoms with Gasteiger partial charge in [-0.3, -0.25) is 4.79 Å². The van der Waals surface area contributed by atoms with E-state index < -0.39 is 0 Å². The Morgan fingerprint density at radius 2 is 2.09 bits per heavy atom. The van der Waals surface area contributed by atoms with Crippen LogP contribution in [0.3, 0.4) is 0 Å². The second-order valence-electron chi connectivity index (χ2n) is 5.21. The van der Waals surface area contributed by atoms with Crippen molar-refractivity contribution in [2.24, 2.45) is 5.92 Å². The monoisotopic (exact) mass is 303 g/mol. The molecule has 1 aromatic heterocycles. The summed E-state index contributed by atoms with van der Waals surface area (Å²) in [6, 6.07) is 7.05. The van der Waals surface area contributed by atoms with Gasteiger partial charge in [0.2, 0.25) is 12.2 Å². The molecule has 1 amide bonds. The first-order valence-corrected chi connectivity index (χ1v) is 7.50. The number of aliphatic hydroxyl groups excluding tert-OH is 1. The Balaban J connectivity index is 1.92. The van der Waals surface area contributed by atoms with Crippen LogP contribution >= 0.6 is 0 Å². The third kappa shape index (κ3) is 4.39. The molecule has 0 bridgehead atoms. The van der Waals surface area contributed by atoms with Gasteiger partial charge in [-0.1, -0.05) is 30.6 Å². The van der Waals surface area contributed by atoms with E-state index in [4.69, 9.17) is 9.63 Å². The highest BCUT2D eigenvalue weighted by atomic mass is 16.5. The number of carbonyl (C=O) groups is 1. The van der Waals surface area contributed by atoms with Gasteiger partial charge in [0.15, 0.2) is 0 Å². The molecule has 1 atom stereocenters. The second-order valence-corrected chi connectivity index (χ2v) is 5.21. The van der Waals surface area contributed by atoms with Crippen molar-refractivity contribution in [2.45, 2.75) is 26.2 Å². The molecule has 0 aliphatic carbocycles. The van der Waals surface area contributed by atoms with E-state index in [0.717, 1.165) is 18.4 Å². The molecule has 22 heavy (non-hydrogen) atoms. The molecule has 0 fully saturated rings. The number of rotatable bonds is 8. The lowest BCUT2D eigenvalue weighted by atomic mass is 10.00. The molecule has 6 nitrogen and oxygen atoms in total. The van der Waals surface area contributed by atoms with Crippen LogP contribution in [0.5, 0.6) is 0 Å². The lowest BCUT2D eigenvalue weighted by Gasteiger charge is -2.15. The molecule has 2 rings (SSSR count). The molecule has 2 N–H and O–H groups in total. The summed E-state index contributed by atoms with van der Waals surface area (Å²) in [4.78, 5) is 16.1. The SMILES string of the molecule is CCCC(CCO)CNC(=O)c1ccc(-c2ncon2)cc1. The number of aromatic nitrogens is 2. The van der Waals surface area contributed by atoms with E-state index in [-0.39, 0.29) is 12.5 Å². The Morgan fingerprint density at radius 3 is 2.68 bits per heavy atom. The van der Waals surface area contributed by atoms with Crippen LogP contribution in [-0.4, -0.2) is 34.3 Å². The quantitative estimate of drug-likeness (QED) is 0.781. The van der Waals surface area contributed by atoms with E-state index in [9.17, 15) is 4.79 Å². The highest BCUT2D eigenvalue weighted by Crippen LogP contribution is 2.15. The Kier molecular flexibility index (Phi) is 6.09. The maximum Gasteiger partial charge on any atom is 0.251 e. The number of aliphatic hydroxyl groups is 1. The van der Waals surface area contributed by atoms with Gasteiger partial charge in [-0.2, -0.15) is 4.98 Å². The van der Waals surface area contributed by atoms with Crippen LogP contribution in [0.4, 0.5) is 0 Å². The molecular weight excluding hydrogens is 282 g/mol. The summed E-state index contributed by atoms with van der Waals surface area (Å²) in [5.41, 5.74) is 1.39. The van der Waals surface area contributed by atoms with Crippen molar-refractivity contribution in [3.63, 3.8) is 0 Å². The molecule has 0 spiro atoms. The van der Waals surface area contributed by atoms with Crippen molar-refractivity contribution >= 4 is 5.91 Å². The molecule has 0 saturated carbocycles. The fourth-order valence-electron chi connectivity index (χ4n) is 2.35. The van der Waals surface area contributed by atoms with Crippen molar-refractivity contribution in [1.82, 2.24) is 15.5 Å². The standard InChI is InChI=1S/C16H21N3O3/c1-2-3-12(8-9-20)10-17-16(21)14-6-4-13(5-7-14)15-18-11-22-19-15/h4-7,11-12,20H,2-3,8-10H2,1H3,(H,17,21). The van der Waals surface area contributed by atoms with Gasteiger partial charge in [0.1, 0.15) is 0 Å². The minimum atomic E-state index is -0.112. The first kappa shape index (κ1) is 16.2. The molecule has 0 aliphatic heterocycles. The van der Waals surface area contributed by atoms with Crippen LogP contribution in [0.25, 0.3) is 11.4 Å². The number of hydrogen-bond acceptors (Lipinski definition) is 5. The van der Waals surface area contributed by atoms with Crippen LogP contribution in [0.1, 0.15) is 36.5 Å². The maximum absolute atomic E-state index is 12.1. The lowest BCUT2D eigenvalue weighted by molar-refractivity contribution is 0.0943. The molecule has 118 valence electrons.